The Morgan fingerprint density at radius 2 is 2.40 bits per heavy atom. The first kappa shape index (κ1) is 6.74. The summed E-state index contributed by atoms with van der Waals surface area (Å²) in [6.07, 6.45) is 1.65. The van der Waals surface area contributed by atoms with Crippen molar-refractivity contribution in [2.75, 3.05) is 5.73 Å². The summed E-state index contributed by atoms with van der Waals surface area (Å²) >= 11 is 0. The summed E-state index contributed by atoms with van der Waals surface area (Å²) in [4.78, 5) is 7.59. The Kier molecular flexibility index (Phi) is 1.67. The third-order valence-corrected chi connectivity index (χ3v) is 1.31. The van der Waals surface area contributed by atoms with Gasteiger partial charge in [0, 0.05) is 6.20 Å². The average molecular weight is 135 g/mol. The van der Waals surface area contributed by atoms with Crippen molar-refractivity contribution in [2.24, 2.45) is 4.99 Å². The molecule has 3 heteroatoms. The SMILES string of the molecule is C=Nc1c(C)ccnc1N. The highest BCUT2D eigenvalue weighted by Gasteiger charge is 1.98. The summed E-state index contributed by atoms with van der Waals surface area (Å²) < 4.78 is 0. The summed E-state index contributed by atoms with van der Waals surface area (Å²) in [7, 11) is 0. The third-order valence-electron chi connectivity index (χ3n) is 1.31. The number of nitrogens with zero attached hydrogens (tertiary/aromatic N) is 2. The molecule has 0 radical (unpaired) electrons. The summed E-state index contributed by atoms with van der Waals surface area (Å²) in [5.41, 5.74) is 7.17. The molecular weight excluding hydrogens is 126 g/mol. The fourth-order valence-electron chi connectivity index (χ4n) is 0.777. The molecule has 0 atom stereocenters. The van der Waals surface area contributed by atoms with Crippen LogP contribution in [0.3, 0.4) is 0 Å². The normalized spacial score (nSPS) is 9.30. The number of aryl methyl sites for hydroxylation is 1. The summed E-state index contributed by atoms with van der Waals surface area (Å²) in [6, 6.07) is 1.85. The second-order valence-corrected chi connectivity index (χ2v) is 2.02. The fourth-order valence-corrected chi connectivity index (χ4v) is 0.777. The second-order valence-electron chi connectivity index (χ2n) is 2.02. The van der Waals surface area contributed by atoms with Gasteiger partial charge in [-0.1, -0.05) is 0 Å². The van der Waals surface area contributed by atoms with Gasteiger partial charge < -0.3 is 5.73 Å². The predicted octanol–water partition coefficient (Wildman–Crippen LogP) is 1.30. The van der Waals surface area contributed by atoms with E-state index in [-0.39, 0.29) is 0 Å². The molecule has 0 bridgehead atoms. The Morgan fingerprint density at radius 3 is 2.80 bits per heavy atom. The molecule has 0 unspecified atom stereocenters. The zero-order chi connectivity index (χ0) is 7.56. The van der Waals surface area contributed by atoms with Crippen molar-refractivity contribution in [3.63, 3.8) is 0 Å². The van der Waals surface area contributed by atoms with Crippen molar-refractivity contribution >= 4 is 18.2 Å². The van der Waals surface area contributed by atoms with E-state index in [0.717, 1.165) is 5.56 Å². The maximum Gasteiger partial charge on any atom is 0.149 e. The van der Waals surface area contributed by atoms with E-state index in [1.165, 1.54) is 0 Å². The van der Waals surface area contributed by atoms with Crippen molar-refractivity contribution < 1.29 is 0 Å². The number of hydrogen-bond donors (Lipinski definition) is 1. The van der Waals surface area contributed by atoms with Gasteiger partial charge in [-0.3, -0.25) is 4.99 Å². The minimum atomic E-state index is 0.440. The van der Waals surface area contributed by atoms with E-state index in [1.54, 1.807) is 6.20 Å². The lowest BCUT2D eigenvalue weighted by Crippen LogP contribution is -1.90. The molecular formula is C7H9N3. The molecule has 0 fully saturated rings. The van der Waals surface area contributed by atoms with Gasteiger partial charge in [-0.25, -0.2) is 4.98 Å². The van der Waals surface area contributed by atoms with Crippen molar-refractivity contribution in [1.82, 2.24) is 4.98 Å². The number of nitrogens with two attached hydrogens (primary N) is 1. The Bertz CT molecular complexity index is 235. The molecule has 10 heavy (non-hydrogen) atoms. The van der Waals surface area contributed by atoms with Gasteiger partial charge in [0.25, 0.3) is 0 Å². The molecule has 0 aliphatic rings. The van der Waals surface area contributed by atoms with E-state index in [2.05, 4.69) is 16.7 Å². The van der Waals surface area contributed by atoms with Crippen LogP contribution in [0.2, 0.25) is 0 Å². The number of aliphatic imine (C=N–C) groups is 1. The molecule has 0 spiro atoms. The van der Waals surface area contributed by atoms with E-state index in [1.807, 2.05) is 13.0 Å². The molecule has 52 valence electrons. The Morgan fingerprint density at radius 1 is 1.70 bits per heavy atom. The number of hydrogen-bond acceptors (Lipinski definition) is 3. The van der Waals surface area contributed by atoms with Crippen LogP contribution in [0.15, 0.2) is 17.3 Å². The van der Waals surface area contributed by atoms with Crippen molar-refractivity contribution in [3.05, 3.63) is 17.8 Å². The molecule has 1 aromatic rings. The van der Waals surface area contributed by atoms with Gasteiger partial charge in [0.1, 0.15) is 11.5 Å². The van der Waals surface area contributed by atoms with E-state index < -0.39 is 0 Å². The first-order valence-corrected chi connectivity index (χ1v) is 2.93. The number of rotatable bonds is 1. The molecule has 0 saturated carbocycles. The fraction of sp³-hybridized carbons (Fsp3) is 0.143. The largest absolute Gasteiger partial charge is 0.382 e. The molecule has 0 aliphatic carbocycles. The van der Waals surface area contributed by atoms with Gasteiger partial charge in [-0.05, 0) is 25.3 Å². The molecule has 1 aromatic heterocycles. The Hall–Kier alpha value is -1.38. The Balaban J connectivity index is 3.30. The lowest BCUT2D eigenvalue weighted by Gasteiger charge is -1.99. The highest BCUT2D eigenvalue weighted by atomic mass is 14.9. The lowest BCUT2D eigenvalue weighted by atomic mass is 10.2. The predicted molar refractivity (Wildman–Crippen MR) is 42.6 cm³/mol. The quantitative estimate of drug-likeness (QED) is 0.590. The van der Waals surface area contributed by atoms with Gasteiger partial charge in [-0.2, -0.15) is 0 Å². The number of anilines is 1. The highest BCUT2D eigenvalue weighted by molar-refractivity contribution is 5.64. The second kappa shape index (κ2) is 2.47. The first-order valence-electron chi connectivity index (χ1n) is 2.93. The molecule has 1 heterocycles. The molecule has 0 aliphatic heterocycles. The zero-order valence-electron chi connectivity index (χ0n) is 5.83. The molecule has 2 N–H and O–H groups in total. The van der Waals surface area contributed by atoms with E-state index in [9.17, 15) is 0 Å². The summed E-state index contributed by atoms with van der Waals surface area (Å²) in [5.74, 6) is 0.440. The molecule has 3 nitrogen and oxygen atoms in total. The van der Waals surface area contributed by atoms with Crippen LogP contribution >= 0.6 is 0 Å². The van der Waals surface area contributed by atoms with Gasteiger partial charge >= 0.3 is 0 Å². The third kappa shape index (κ3) is 0.978. The lowest BCUT2D eigenvalue weighted by molar-refractivity contribution is 1.27. The topological polar surface area (TPSA) is 51.3 Å². The van der Waals surface area contributed by atoms with Crippen LogP contribution in [0, 0.1) is 6.92 Å². The van der Waals surface area contributed by atoms with E-state index in [4.69, 9.17) is 5.73 Å². The number of aromatic nitrogens is 1. The molecule has 1 rings (SSSR count). The first-order chi connectivity index (χ1) is 4.75. The summed E-state index contributed by atoms with van der Waals surface area (Å²) in [6.45, 7) is 5.30. The van der Waals surface area contributed by atoms with Gasteiger partial charge in [0.05, 0.1) is 0 Å². The van der Waals surface area contributed by atoms with Crippen LogP contribution in [0.4, 0.5) is 11.5 Å². The van der Waals surface area contributed by atoms with E-state index in [0.29, 0.717) is 11.5 Å². The van der Waals surface area contributed by atoms with Gasteiger partial charge in [-0.15, -0.1) is 0 Å². The molecule has 0 amide bonds. The van der Waals surface area contributed by atoms with Crippen LogP contribution < -0.4 is 5.73 Å². The molecule has 0 saturated heterocycles. The van der Waals surface area contributed by atoms with Crippen molar-refractivity contribution in [2.45, 2.75) is 6.92 Å². The zero-order valence-corrected chi connectivity index (χ0v) is 5.83. The minimum absolute atomic E-state index is 0.440. The standard InChI is InChI=1S/C7H9N3/c1-5-3-4-10-7(8)6(5)9-2/h3-4H,2H2,1H3,(H2,8,10). The van der Waals surface area contributed by atoms with E-state index >= 15 is 0 Å². The van der Waals surface area contributed by atoms with Crippen molar-refractivity contribution in [1.29, 1.82) is 0 Å². The van der Waals surface area contributed by atoms with Gasteiger partial charge in [0.15, 0.2) is 0 Å². The minimum Gasteiger partial charge on any atom is -0.382 e. The monoisotopic (exact) mass is 135 g/mol. The maximum atomic E-state index is 5.49. The van der Waals surface area contributed by atoms with Gasteiger partial charge in [0.2, 0.25) is 0 Å². The van der Waals surface area contributed by atoms with Crippen LogP contribution in [0.5, 0.6) is 0 Å². The van der Waals surface area contributed by atoms with Crippen LogP contribution in [0.1, 0.15) is 5.56 Å². The summed E-state index contributed by atoms with van der Waals surface area (Å²) in [5, 5.41) is 0. The van der Waals surface area contributed by atoms with Crippen LogP contribution in [-0.2, 0) is 0 Å². The molecule has 0 aromatic carbocycles. The number of pyridine rings is 1. The smallest absolute Gasteiger partial charge is 0.149 e. The average Bonchev–Trinajstić information content (AvgIpc) is 1.88. The maximum absolute atomic E-state index is 5.49. The van der Waals surface area contributed by atoms with Crippen LogP contribution in [0.25, 0.3) is 0 Å². The van der Waals surface area contributed by atoms with Crippen molar-refractivity contribution in [3.8, 4) is 0 Å². The highest BCUT2D eigenvalue weighted by Crippen LogP contribution is 2.22. The van der Waals surface area contributed by atoms with Crippen LogP contribution in [-0.4, -0.2) is 11.7 Å². The number of nitrogen functional groups attached to an aromatic ring is 1. The Labute approximate surface area is 59.6 Å².